The Morgan fingerprint density at radius 1 is 1.27 bits per heavy atom. The summed E-state index contributed by atoms with van der Waals surface area (Å²) in [6.07, 6.45) is 0. The summed E-state index contributed by atoms with van der Waals surface area (Å²) < 4.78 is 12.6. The van der Waals surface area contributed by atoms with E-state index in [0.29, 0.717) is 38.5 Å². The number of carbonyl (C=O) groups is 1. The molecule has 0 unspecified atom stereocenters. The first-order chi connectivity index (χ1) is 12.5. The van der Waals surface area contributed by atoms with Gasteiger partial charge >= 0.3 is 0 Å². The lowest BCUT2D eigenvalue weighted by Gasteiger charge is -2.20. The van der Waals surface area contributed by atoms with Crippen molar-refractivity contribution in [3.8, 4) is 28.4 Å². The fourth-order valence-electron chi connectivity index (χ4n) is 2.98. The van der Waals surface area contributed by atoms with Crippen molar-refractivity contribution in [1.29, 1.82) is 0 Å². The van der Waals surface area contributed by atoms with E-state index in [1.54, 1.807) is 36.1 Å². The molecule has 132 valence electrons. The molecular weight excluding hydrogens is 377 g/mol. The van der Waals surface area contributed by atoms with Crippen molar-refractivity contribution in [2.75, 3.05) is 7.11 Å². The van der Waals surface area contributed by atoms with Gasteiger partial charge in [0, 0.05) is 22.2 Å². The Bertz CT molecular complexity index is 1050. The summed E-state index contributed by atoms with van der Waals surface area (Å²) in [4.78, 5) is 11.9. The van der Waals surface area contributed by atoms with Gasteiger partial charge in [0.15, 0.2) is 5.69 Å². The number of hydrogen-bond donors (Lipinski definition) is 1. The molecule has 0 spiro atoms. The van der Waals surface area contributed by atoms with Gasteiger partial charge in [0.1, 0.15) is 18.1 Å². The van der Waals surface area contributed by atoms with E-state index in [1.807, 2.05) is 12.1 Å². The third-order valence-corrected chi connectivity index (χ3v) is 4.71. The second-order valence-corrected chi connectivity index (χ2v) is 6.54. The Morgan fingerprint density at radius 2 is 2.08 bits per heavy atom. The van der Waals surface area contributed by atoms with Crippen LogP contribution in [0, 0.1) is 0 Å². The molecule has 2 aromatic carbocycles. The van der Waals surface area contributed by atoms with Crippen LogP contribution in [0.15, 0.2) is 36.4 Å². The molecule has 4 rings (SSSR count). The first-order valence-corrected chi connectivity index (χ1v) is 8.43. The minimum absolute atomic E-state index is 0.146. The maximum absolute atomic E-state index is 11.9. The predicted octanol–water partition coefficient (Wildman–Crippen LogP) is 3.85. The van der Waals surface area contributed by atoms with Crippen LogP contribution in [-0.2, 0) is 6.61 Å². The highest BCUT2D eigenvalue weighted by Crippen LogP contribution is 2.42. The molecule has 1 aliphatic heterocycles. The number of rotatable bonds is 3. The van der Waals surface area contributed by atoms with Gasteiger partial charge in [0.2, 0.25) is 0 Å². The van der Waals surface area contributed by atoms with Gasteiger partial charge in [-0.05, 0) is 30.3 Å². The Balaban J connectivity index is 2.01. The van der Waals surface area contributed by atoms with E-state index < -0.39 is 5.91 Å². The maximum Gasteiger partial charge on any atom is 0.269 e. The number of fused-ring (bicyclic) bond motifs is 3. The van der Waals surface area contributed by atoms with Crippen molar-refractivity contribution in [2.24, 2.45) is 5.73 Å². The van der Waals surface area contributed by atoms with Crippen LogP contribution in [0.1, 0.15) is 16.1 Å². The number of hydrogen-bond acceptors (Lipinski definition) is 4. The number of halogens is 2. The van der Waals surface area contributed by atoms with Crippen molar-refractivity contribution in [1.82, 2.24) is 9.78 Å². The predicted molar refractivity (Wildman–Crippen MR) is 98.4 cm³/mol. The average molecular weight is 390 g/mol. The molecule has 0 saturated heterocycles. The van der Waals surface area contributed by atoms with Crippen LogP contribution in [0.25, 0.3) is 16.9 Å². The van der Waals surface area contributed by atoms with Gasteiger partial charge in [-0.2, -0.15) is 5.10 Å². The zero-order chi connectivity index (χ0) is 18.4. The van der Waals surface area contributed by atoms with Gasteiger partial charge in [-0.25, -0.2) is 4.68 Å². The number of benzene rings is 2. The summed E-state index contributed by atoms with van der Waals surface area (Å²) in [7, 11) is 1.58. The van der Waals surface area contributed by atoms with Crippen molar-refractivity contribution in [2.45, 2.75) is 6.61 Å². The minimum Gasteiger partial charge on any atom is -0.497 e. The molecule has 2 heterocycles. The van der Waals surface area contributed by atoms with Gasteiger partial charge in [-0.3, -0.25) is 4.79 Å². The number of carbonyl (C=O) groups excluding carboxylic acids is 1. The van der Waals surface area contributed by atoms with Crippen LogP contribution in [0.5, 0.6) is 11.5 Å². The summed E-state index contributed by atoms with van der Waals surface area (Å²) in [5, 5.41) is 5.30. The Hall–Kier alpha value is -2.70. The van der Waals surface area contributed by atoms with E-state index in [2.05, 4.69) is 5.10 Å². The molecule has 26 heavy (non-hydrogen) atoms. The van der Waals surface area contributed by atoms with Crippen molar-refractivity contribution in [3.05, 3.63) is 57.7 Å². The molecule has 6 nitrogen and oxygen atoms in total. The van der Waals surface area contributed by atoms with Gasteiger partial charge in [0.05, 0.1) is 23.5 Å². The number of amides is 1. The maximum atomic E-state index is 11.9. The molecule has 1 aliphatic rings. The van der Waals surface area contributed by atoms with Crippen LogP contribution in [0.3, 0.4) is 0 Å². The van der Waals surface area contributed by atoms with E-state index in [1.165, 1.54) is 0 Å². The monoisotopic (exact) mass is 389 g/mol. The summed E-state index contributed by atoms with van der Waals surface area (Å²) in [5.41, 5.74) is 8.32. The number of aromatic nitrogens is 2. The topological polar surface area (TPSA) is 79.4 Å². The van der Waals surface area contributed by atoms with Crippen LogP contribution >= 0.6 is 23.2 Å². The summed E-state index contributed by atoms with van der Waals surface area (Å²) >= 11 is 12.4. The fraction of sp³-hybridized carbons (Fsp3) is 0.111. The zero-order valence-electron chi connectivity index (χ0n) is 13.6. The number of nitrogens with two attached hydrogens (primary N) is 1. The summed E-state index contributed by atoms with van der Waals surface area (Å²) in [5.74, 6) is 0.655. The Morgan fingerprint density at radius 3 is 2.77 bits per heavy atom. The van der Waals surface area contributed by atoms with Gasteiger partial charge in [-0.15, -0.1) is 0 Å². The SMILES string of the molecule is COc1ccc2c(c1)OCc1c(C(N)=O)nn(-c3ccc(Cl)cc3Cl)c1-2. The summed E-state index contributed by atoms with van der Waals surface area (Å²) in [6.45, 7) is 0.166. The third-order valence-electron chi connectivity index (χ3n) is 4.17. The van der Waals surface area contributed by atoms with Crippen LogP contribution < -0.4 is 15.2 Å². The standard InChI is InChI=1S/C18H13Cl2N3O3/c1-25-10-3-4-11-15(7-10)26-8-12-16(18(21)24)22-23(17(11)12)14-5-2-9(19)6-13(14)20/h2-7H,8H2,1H3,(H2,21,24). The van der Waals surface area contributed by atoms with E-state index in [9.17, 15) is 4.79 Å². The first-order valence-electron chi connectivity index (χ1n) is 7.68. The molecule has 8 heteroatoms. The van der Waals surface area contributed by atoms with E-state index in [-0.39, 0.29) is 12.3 Å². The quantitative estimate of drug-likeness (QED) is 0.737. The summed E-state index contributed by atoms with van der Waals surface area (Å²) in [6, 6.07) is 10.5. The lowest BCUT2D eigenvalue weighted by atomic mass is 10.0. The molecular formula is C18H13Cl2N3O3. The fourth-order valence-corrected chi connectivity index (χ4v) is 3.47. The van der Waals surface area contributed by atoms with Gasteiger partial charge < -0.3 is 15.2 Å². The molecule has 0 radical (unpaired) electrons. The largest absolute Gasteiger partial charge is 0.497 e. The van der Waals surface area contributed by atoms with Crippen LogP contribution in [0.4, 0.5) is 0 Å². The zero-order valence-corrected chi connectivity index (χ0v) is 15.1. The molecule has 0 fully saturated rings. The normalized spacial score (nSPS) is 12.1. The van der Waals surface area contributed by atoms with Crippen molar-refractivity contribution >= 4 is 29.1 Å². The lowest BCUT2D eigenvalue weighted by molar-refractivity contribution is 0.0992. The highest BCUT2D eigenvalue weighted by molar-refractivity contribution is 6.35. The van der Waals surface area contributed by atoms with E-state index >= 15 is 0 Å². The molecule has 3 aromatic rings. The molecule has 2 N–H and O–H groups in total. The van der Waals surface area contributed by atoms with Crippen LogP contribution in [0.2, 0.25) is 10.0 Å². The second kappa shape index (κ2) is 6.23. The molecule has 0 aliphatic carbocycles. The smallest absolute Gasteiger partial charge is 0.269 e. The number of ether oxygens (including phenoxy) is 2. The van der Waals surface area contributed by atoms with Gasteiger partial charge in [-0.1, -0.05) is 23.2 Å². The first kappa shape index (κ1) is 16.8. The molecule has 0 bridgehead atoms. The average Bonchev–Trinajstić information content (AvgIpc) is 3.01. The molecule has 1 aromatic heterocycles. The third kappa shape index (κ3) is 2.58. The highest BCUT2D eigenvalue weighted by Gasteiger charge is 2.30. The van der Waals surface area contributed by atoms with Crippen molar-refractivity contribution < 1.29 is 14.3 Å². The molecule has 1 amide bonds. The number of primary amides is 1. The van der Waals surface area contributed by atoms with E-state index in [0.717, 1.165) is 5.56 Å². The number of methoxy groups -OCH3 is 1. The van der Waals surface area contributed by atoms with E-state index in [4.69, 9.17) is 38.4 Å². The van der Waals surface area contributed by atoms with Crippen LogP contribution in [-0.4, -0.2) is 22.8 Å². The Kier molecular flexibility index (Phi) is 4.01. The lowest BCUT2D eigenvalue weighted by Crippen LogP contribution is -2.16. The minimum atomic E-state index is -0.634. The molecule has 0 saturated carbocycles. The van der Waals surface area contributed by atoms with Crippen molar-refractivity contribution in [3.63, 3.8) is 0 Å². The second-order valence-electron chi connectivity index (χ2n) is 5.70. The Labute approximate surface area is 159 Å². The number of nitrogens with zero attached hydrogens (tertiary/aromatic N) is 2. The molecule has 0 atom stereocenters. The highest BCUT2D eigenvalue weighted by atomic mass is 35.5. The van der Waals surface area contributed by atoms with Gasteiger partial charge in [0.25, 0.3) is 5.91 Å².